The van der Waals surface area contributed by atoms with E-state index in [4.69, 9.17) is 11.5 Å². The van der Waals surface area contributed by atoms with Gasteiger partial charge in [0.05, 0.1) is 6.04 Å². The fourth-order valence-corrected chi connectivity index (χ4v) is 3.11. The van der Waals surface area contributed by atoms with Gasteiger partial charge in [-0.05, 0) is 62.1 Å². The molecule has 8 heteroatoms. The molecular weight excluding hydrogens is 386 g/mol. The lowest BCUT2D eigenvalue weighted by Gasteiger charge is -2.29. The molecule has 0 fully saturated rings. The van der Waals surface area contributed by atoms with Crippen LogP contribution in [0, 0.1) is 0 Å². The van der Waals surface area contributed by atoms with Crippen LogP contribution in [-0.2, 0) is 16.0 Å². The second kappa shape index (κ2) is 11.1. The van der Waals surface area contributed by atoms with Crippen molar-refractivity contribution in [2.45, 2.75) is 37.8 Å². The molecule has 0 aliphatic rings. The van der Waals surface area contributed by atoms with Gasteiger partial charge in [-0.15, -0.1) is 0 Å². The summed E-state index contributed by atoms with van der Waals surface area (Å²) in [5, 5.41) is 19.1. The number of nitrogens with zero attached hydrogens (tertiary/aromatic N) is 1. The van der Waals surface area contributed by atoms with Gasteiger partial charge in [0.1, 0.15) is 11.8 Å². The van der Waals surface area contributed by atoms with Gasteiger partial charge in [0.2, 0.25) is 5.91 Å². The number of carboxylic acid groups (broad SMARTS) is 1. The van der Waals surface area contributed by atoms with E-state index in [1.807, 2.05) is 0 Å². The number of unbranched alkanes of at least 4 members (excludes halogenated alkanes) is 1. The topological polar surface area (TPSA) is 147 Å². The average molecular weight is 413 g/mol. The normalized spacial score (nSPS) is 12.7. The number of hydrogen-bond donors (Lipinski definition) is 4. The van der Waals surface area contributed by atoms with E-state index in [1.165, 1.54) is 24.3 Å². The first-order chi connectivity index (χ1) is 14.3. The number of nitrogens with two attached hydrogens (primary N) is 2. The minimum absolute atomic E-state index is 0.0744. The molecule has 6 N–H and O–H groups in total. The second-order valence-electron chi connectivity index (χ2n) is 6.99. The lowest BCUT2D eigenvalue weighted by molar-refractivity contribution is -0.148. The largest absolute Gasteiger partial charge is 0.508 e. The summed E-state index contributed by atoms with van der Waals surface area (Å²) in [6.07, 6.45) is 1.20. The van der Waals surface area contributed by atoms with Crippen LogP contribution in [0.3, 0.4) is 0 Å². The highest BCUT2D eigenvalue weighted by Gasteiger charge is 2.37. The summed E-state index contributed by atoms with van der Waals surface area (Å²) >= 11 is 0. The molecule has 0 bridgehead atoms. The third kappa shape index (κ3) is 6.13. The smallest absolute Gasteiger partial charge is 0.326 e. The predicted octanol–water partition coefficient (Wildman–Crippen LogP) is 1.51. The number of amides is 2. The summed E-state index contributed by atoms with van der Waals surface area (Å²) < 4.78 is 0. The van der Waals surface area contributed by atoms with Crippen molar-refractivity contribution in [2.24, 2.45) is 11.5 Å². The minimum atomic E-state index is -1.34. The number of carbonyl (C=O) groups is 3. The van der Waals surface area contributed by atoms with E-state index in [-0.39, 0.29) is 24.2 Å². The van der Waals surface area contributed by atoms with Gasteiger partial charge in [-0.3, -0.25) is 14.5 Å². The van der Waals surface area contributed by atoms with E-state index < -0.39 is 29.9 Å². The molecule has 30 heavy (non-hydrogen) atoms. The molecule has 0 aliphatic carbocycles. The maximum Gasteiger partial charge on any atom is 0.326 e. The Balaban J connectivity index is 2.32. The lowest BCUT2D eigenvalue weighted by Crippen LogP contribution is -2.54. The first kappa shape index (κ1) is 23.1. The molecule has 2 aromatic rings. The van der Waals surface area contributed by atoms with Gasteiger partial charge >= 0.3 is 5.97 Å². The van der Waals surface area contributed by atoms with Crippen LogP contribution in [0.5, 0.6) is 5.75 Å². The van der Waals surface area contributed by atoms with Crippen LogP contribution >= 0.6 is 0 Å². The van der Waals surface area contributed by atoms with Crippen LogP contribution in [0.25, 0.3) is 0 Å². The van der Waals surface area contributed by atoms with Crippen molar-refractivity contribution in [3.8, 4) is 5.75 Å². The highest BCUT2D eigenvalue weighted by Crippen LogP contribution is 2.18. The number of aliphatic carboxylic acids is 1. The molecule has 160 valence electrons. The first-order valence-corrected chi connectivity index (χ1v) is 9.74. The summed E-state index contributed by atoms with van der Waals surface area (Å²) in [7, 11) is 0. The van der Waals surface area contributed by atoms with Crippen LogP contribution in [0.15, 0.2) is 54.6 Å². The number of rotatable bonds is 10. The number of phenols is 1. The van der Waals surface area contributed by atoms with Crippen LogP contribution in [0.2, 0.25) is 0 Å². The summed E-state index contributed by atoms with van der Waals surface area (Å²) in [5.74, 6) is -2.68. The van der Waals surface area contributed by atoms with Crippen LogP contribution in [0.4, 0.5) is 0 Å². The second-order valence-corrected chi connectivity index (χ2v) is 6.99. The van der Waals surface area contributed by atoms with Crippen LogP contribution < -0.4 is 11.5 Å². The SMILES string of the molecule is NCCCCC(C(=O)O)N(C(=O)c1ccccc1)C(=O)C(N)Cc1ccc(O)cc1. The van der Waals surface area contributed by atoms with Crippen molar-refractivity contribution in [3.63, 3.8) is 0 Å². The Bertz CT molecular complexity index is 855. The molecule has 0 aliphatic heterocycles. The van der Waals surface area contributed by atoms with Gasteiger partial charge in [-0.25, -0.2) is 4.79 Å². The van der Waals surface area contributed by atoms with Crippen molar-refractivity contribution in [3.05, 3.63) is 65.7 Å². The molecule has 0 saturated carbocycles. The van der Waals surface area contributed by atoms with Gasteiger partial charge in [0, 0.05) is 5.56 Å². The van der Waals surface area contributed by atoms with E-state index in [9.17, 15) is 24.6 Å². The summed E-state index contributed by atoms with van der Waals surface area (Å²) in [6.45, 7) is 0.382. The van der Waals surface area contributed by atoms with Crippen LogP contribution in [0.1, 0.15) is 35.2 Å². The first-order valence-electron chi connectivity index (χ1n) is 9.74. The van der Waals surface area contributed by atoms with Crippen molar-refractivity contribution >= 4 is 17.8 Å². The molecule has 0 aromatic heterocycles. The standard InChI is InChI=1S/C22H27N3O5/c23-13-5-4-8-19(22(29)30)25(20(27)16-6-2-1-3-7-16)21(28)18(24)14-15-9-11-17(26)12-10-15/h1-3,6-7,9-12,18-19,26H,4-5,8,13-14,23-24H2,(H,29,30). The zero-order chi connectivity index (χ0) is 22.1. The molecule has 0 spiro atoms. The Labute approximate surface area is 175 Å². The number of benzene rings is 2. The molecule has 0 saturated heterocycles. The highest BCUT2D eigenvalue weighted by molar-refractivity contribution is 6.08. The lowest BCUT2D eigenvalue weighted by atomic mass is 10.0. The predicted molar refractivity (Wildman–Crippen MR) is 112 cm³/mol. The Hall–Kier alpha value is -3.23. The highest BCUT2D eigenvalue weighted by atomic mass is 16.4. The van der Waals surface area contributed by atoms with Gasteiger partial charge in [-0.1, -0.05) is 30.3 Å². The molecule has 2 rings (SSSR count). The number of imide groups is 1. The summed E-state index contributed by atoms with van der Waals surface area (Å²) in [6, 6.07) is 11.7. The molecule has 0 heterocycles. The number of phenolic OH excluding ortho intramolecular Hbond substituents is 1. The zero-order valence-corrected chi connectivity index (χ0v) is 16.6. The Morgan fingerprint density at radius 2 is 1.60 bits per heavy atom. The van der Waals surface area contributed by atoms with Crippen molar-refractivity contribution in [1.82, 2.24) is 4.90 Å². The zero-order valence-electron chi connectivity index (χ0n) is 16.6. The van der Waals surface area contributed by atoms with Gasteiger partial charge in [0.25, 0.3) is 5.91 Å². The number of carboxylic acids is 1. The summed E-state index contributed by atoms with van der Waals surface area (Å²) in [5.41, 5.74) is 12.4. The van der Waals surface area contributed by atoms with Crippen molar-refractivity contribution in [2.75, 3.05) is 6.54 Å². The molecule has 0 radical (unpaired) electrons. The third-order valence-electron chi connectivity index (χ3n) is 4.71. The monoisotopic (exact) mass is 413 g/mol. The van der Waals surface area contributed by atoms with Gasteiger partial charge in [0.15, 0.2) is 0 Å². The Morgan fingerprint density at radius 3 is 2.17 bits per heavy atom. The number of aromatic hydroxyl groups is 1. The van der Waals surface area contributed by atoms with Crippen LogP contribution in [-0.4, -0.2) is 51.5 Å². The van der Waals surface area contributed by atoms with Crippen molar-refractivity contribution in [1.29, 1.82) is 0 Å². The van der Waals surface area contributed by atoms with E-state index in [2.05, 4.69) is 0 Å². The average Bonchev–Trinajstić information content (AvgIpc) is 2.74. The Kier molecular flexibility index (Phi) is 8.52. The maximum absolute atomic E-state index is 13.2. The molecule has 2 aromatic carbocycles. The fraction of sp³-hybridized carbons (Fsp3) is 0.318. The summed E-state index contributed by atoms with van der Waals surface area (Å²) in [4.78, 5) is 39.0. The fourth-order valence-electron chi connectivity index (χ4n) is 3.11. The van der Waals surface area contributed by atoms with Gasteiger partial charge < -0.3 is 21.7 Å². The molecular formula is C22H27N3O5. The molecule has 2 atom stereocenters. The number of carbonyl (C=O) groups excluding carboxylic acids is 2. The Morgan fingerprint density at radius 1 is 0.967 bits per heavy atom. The van der Waals surface area contributed by atoms with E-state index in [1.54, 1.807) is 30.3 Å². The molecule has 8 nitrogen and oxygen atoms in total. The third-order valence-corrected chi connectivity index (χ3v) is 4.71. The minimum Gasteiger partial charge on any atom is -0.508 e. The van der Waals surface area contributed by atoms with Crippen molar-refractivity contribution < 1.29 is 24.6 Å². The van der Waals surface area contributed by atoms with E-state index >= 15 is 0 Å². The van der Waals surface area contributed by atoms with E-state index in [0.717, 1.165) is 4.90 Å². The van der Waals surface area contributed by atoms with Gasteiger partial charge in [-0.2, -0.15) is 0 Å². The van der Waals surface area contributed by atoms with E-state index in [0.29, 0.717) is 24.9 Å². The molecule has 2 unspecified atom stereocenters. The quantitative estimate of drug-likeness (QED) is 0.432. The maximum atomic E-state index is 13.2. The number of hydrogen-bond acceptors (Lipinski definition) is 6. The molecule has 2 amide bonds.